The maximum absolute atomic E-state index is 13.8. The highest BCUT2D eigenvalue weighted by atomic mass is 32.2. The first-order valence-corrected chi connectivity index (χ1v) is 14.8. The molecule has 11 heteroatoms. The number of benzene rings is 3. The Morgan fingerprint density at radius 2 is 1.93 bits per heavy atom. The Kier molecular flexibility index (Phi) is 7.80. The van der Waals surface area contributed by atoms with E-state index in [-0.39, 0.29) is 54.2 Å². The molecule has 2 atom stereocenters. The van der Waals surface area contributed by atoms with Crippen molar-refractivity contribution in [2.45, 2.75) is 50.7 Å². The number of esters is 1. The number of aryl methyl sites for hydroxylation is 2. The first kappa shape index (κ1) is 28.3. The summed E-state index contributed by atoms with van der Waals surface area (Å²) in [7, 11) is -2.15. The molecule has 4 aromatic rings. The molecule has 0 fully saturated rings. The Morgan fingerprint density at radius 3 is 2.68 bits per heavy atom. The predicted octanol–water partition coefficient (Wildman–Crippen LogP) is 4.21. The van der Waals surface area contributed by atoms with Crippen LogP contribution in [-0.4, -0.2) is 52.9 Å². The highest BCUT2D eigenvalue weighted by Crippen LogP contribution is 2.35. The van der Waals surface area contributed by atoms with E-state index in [2.05, 4.69) is 10.3 Å². The number of nitrogens with zero attached hydrogens (tertiary/aromatic N) is 5. The number of sulfonamides is 1. The zero-order valence-corrected chi connectivity index (χ0v) is 24.2. The summed E-state index contributed by atoms with van der Waals surface area (Å²) in [6, 6.07) is 18.1. The molecule has 2 heterocycles. The smallest absolute Gasteiger partial charge is 0.306 e. The second-order valence-corrected chi connectivity index (χ2v) is 12.1. The van der Waals surface area contributed by atoms with E-state index in [4.69, 9.17) is 9.47 Å². The third-order valence-corrected chi connectivity index (χ3v) is 9.15. The number of aromatic nitrogens is 3. The maximum atomic E-state index is 13.8. The number of hydrogen-bond acceptors (Lipinski definition) is 8. The van der Waals surface area contributed by atoms with Gasteiger partial charge in [0.1, 0.15) is 22.3 Å². The van der Waals surface area contributed by atoms with Gasteiger partial charge in [0, 0.05) is 19.5 Å². The average Bonchev–Trinajstić information content (AvgIpc) is 3.28. The minimum Gasteiger partial charge on any atom is -0.488 e. The van der Waals surface area contributed by atoms with E-state index in [9.17, 15) is 18.5 Å². The van der Waals surface area contributed by atoms with Gasteiger partial charge in [0.2, 0.25) is 10.0 Å². The Balaban J connectivity index is 1.54. The highest BCUT2D eigenvalue weighted by Gasteiger charge is 2.34. The fourth-order valence-corrected chi connectivity index (χ4v) is 6.80. The van der Waals surface area contributed by atoms with Crippen LogP contribution >= 0.6 is 0 Å². The van der Waals surface area contributed by atoms with Crippen molar-refractivity contribution in [1.29, 1.82) is 5.26 Å². The predicted molar refractivity (Wildman–Crippen MR) is 152 cm³/mol. The molecule has 0 saturated heterocycles. The first-order chi connectivity index (χ1) is 19.6. The highest BCUT2D eigenvalue weighted by molar-refractivity contribution is 7.89. The lowest BCUT2D eigenvalue weighted by molar-refractivity contribution is -0.143. The summed E-state index contributed by atoms with van der Waals surface area (Å²) in [4.78, 5) is 12.7. The molecular weight excluding hydrogens is 542 g/mol. The number of rotatable bonds is 7. The summed E-state index contributed by atoms with van der Waals surface area (Å²) >= 11 is 0. The molecule has 1 aliphatic heterocycles. The van der Waals surface area contributed by atoms with E-state index in [1.807, 2.05) is 63.4 Å². The molecular formula is C30H31N5O5S. The van der Waals surface area contributed by atoms with Crippen molar-refractivity contribution in [3.63, 3.8) is 0 Å². The SMILES string of the molecule is CCOC(=O)CC(c1ccc(C)c(CN2C[C@@H](C)Oc3ccc(C#N)cc3S2(=O)=O)c1)c1ccc2c(c1)nnn2C. The molecule has 212 valence electrons. The number of hydrogen-bond donors (Lipinski definition) is 0. The Labute approximate surface area is 239 Å². The summed E-state index contributed by atoms with van der Waals surface area (Å²) in [6.45, 7) is 6.02. The molecule has 41 heavy (non-hydrogen) atoms. The lowest BCUT2D eigenvalue weighted by Crippen LogP contribution is -2.35. The molecule has 0 amide bonds. The third kappa shape index (κ3) is 5.66. The molecule has 0 saturated carbocycles. The molecule has 1 aromatic heterocycles. The van der Waals surface area contributed by atoms with Crippen LogP contribution in [0.5, 0.6) is 5.75 Å². The molecule has 1 unspecified atom stereocenters. The zero-order chi connectivity index (χ0) is 29.3. The average molecular weight is 574 g/mol. The molecule has 1 aliphatic rings. The number of fused-ring (bicyclic) bond motifs is 2. The quantitative estimate of drug-likeness (QED) is 0.301. The number of nitriles is 1. The van der Waals surface area contributed by atoms with Gasteiger partial charge >= 0.3 is 5.97 Å². The number of carbonyl (C=O) groups is 1. The van der Waals surface area contributed by atoms with E-state index in [1.165, 1.54) is 16.4 Å². The minimum absolute atomic E-state index is 0.0211. The summed E-state index contributed by atoms with van der Waals surface area (Å²) < 4.78 is 41.9. The molecule has 3 aromatic carbocycles. The molecule has 5 rings (SSSR count). The van der Waals surface area contributed by atoms with E-state index >= 15 is 0 Å². The maximum Gasteiger partial charge on any atom is 0.306 e. The number of ether oxygens (including phenoxy) is 2. The molecule has 0 bridgehead atoms. The second kappa shape index (κ2) is 11.3. The lowest BCUT2D eigenvalue weighted by Gasteiger charge is -2.24. The van der Waals surface area contributed by atoms with Gasteiger partial charge in [-0.05, 0) is 73.4 Å². The summed E-state index contributed by atoms with van der Waals surface area (Å²) in [6.07, 6.45) is -0.294. The van der Waals surface area contributed by atoms with Crippen molar-refractivity contribution in [3.05, 3.63) is 82.4 Å². The fraction of sp³-hybridized carbons (Fsp3) is 0.333. The van der Waals surface area contributed by atoms with Gasteiger partial charge in [-0.15, -0.1) is 5.10 Å². The molecule has 0 spiro atoms. The van der Waals surface area contributed by atoms with E-state index in [0.717, 1.165) is 27.8 Å². The minimum atomic E-state index is -3.97. The molecule has 0 aliphatic carbocycles. The third-order valence-electron chi connectivity index (χ3n) is 7.32. The van der Waals surface area contributed by atoms with Gasteiger partial charge < -0.3 is 9.47 Å². The van der Waals surface area contributed by atoms with Crippen molar-refractivity contribution in [3.8, 4) is 11.8 Å². The van der Waals surface area contributed by atoms with Gasteiger partial charge in [0.05, 0.1) is 36.7 Å². The monoisotopic (exact) mass is 573 g/mol. The van der Waals surface area contributed by atoms with Gasteiger partial charge in [0.15, 0.2) is 0 Å². The number of carbonyl (C=O) groups excluding carboxylic acids is 1. The van der Waals surface area contributed by atoms with Crippen LogP contribution < -0.4 is 4.74 Å². The van der Waals surface area contributed by atoms with Gasteiger partial charge in [-0.1, -0.05) is 29.5 Å². The Hall–Kier alpha value is -4.27. The van der Waals surface area contributed by atoms with Crippen LogP contribution in [0.3, 0.4) is 0 Å². The van der Waals surface area contributed by atoms with Gasteiger partial charge in [-0.3, -0.25) is 4.79 Å². The van der Waals surface area contributed by atoms with Crippen molar-refractivity contribution >= 4 is 27.0 Å². The fourth-order valence-electron chi connectivity index (χ4n) is 5.16. The largest absolute Gasteiger partial charge is 0.488 e. The van der Waals surface area contributed by atoms with Crippen LogP contribution in [0.15, 0.2) is 59.5 Å². The molecule has 0 N–H and O–H groups in total. The molecule has 10 nitrogen and oxygen atoms in total. The van der Waals surface area contributed by atoms with Crippen LogP contribution in [0, 0.1) is 18.3 Å². The zero-order valence-electron chi connectivity index (χ0n) is 23.4. The van der Waals surface area contributed by atoms with Crippen LogP contribution in [0.4, 0.5) is 0 Å². The van der Waals surface area contributed by atoms with Crippen molar-refractivity contribution in [1.82, 2.24) is 19.3 Å². The Bertz CT molecular complexity index is 1780. The summed E-state index contributed by atoms with van der Waals surface area (Å²) in [5, 5.41) is 17.7. The van der Waals surface area contributed by atoms with Gasteiger partial charge in [0.25, 0.3) is 0 Å². The lowest BCUT2D eigenvalue weighted by atomic mass is 9.86. The second-order valence-electron chi connectivity index (χ2n) is 10.2. The van der Waals surface area contributed by atoms with Crippen molar-refractivity contribution < 1.29 is 22.7 Å². The normalized spacial score (nSPS) is 17.2. The van der Waals surface area contributed by atoms with Crippen LogP contribution in [-0.2, 0) is 33.1 Å². The van der Waals surface area contributed by atoms with Gasteiger partial charge in [-0.25, -0.2) is 13.1 Å². The summed E-state index contributed by atoms with van der Waals surface area (Å²) in [5.74, 6) is -0.440. The standard InChI is InChI=1S/C30H31N5O5S/c1-5-39-30(36)15-25(23-9-10-27-26(14-23)32-33-34(27)4)22-8-6-19(2)24(13-22)18-35-17-20(3)40-28-11-7-21(16-31)12-29(28)41(35,37)38/h6-14,20,25H,5,15,17-18H2,1-4H3/t20-,25?/m1/s1. The Morgan fingerprint density at radius 1 is 1.17 bits per heavy atom. The molecule has 0 radical (unpaired) electrons. The first-order valence-electron chi connectivity index (χ1n) is 13.4. The topological polar surface area (TPSA) is 127 Å². The van der Waals surface area contributed by atoms with Crippen LogP contribution in [0.2, 0.25) is 0 Å². The van der Waals surface area contributed by atoms with Crippen molar-refractivity contribution in [2.24, 2.45) is 7.05 Å². The summed E-state index contributed by atoms with van der Waals surface area (Å²) in [5.41, 5.74) is 5.26. The van der Waals surface area contributed by atoms with Crippen LogP contribution in [0.25, 0.3) is 11.0 Å². The van der Waals surface area contributed by atoms with E-state index in [1.54, 1.807) is 17.7 Å². The van der Waals surface area contributed by atoms with E-state index in [0.29, 0.717) is 5.52 Å². The van der Waals surface area contributed by atoms with Gasteiger partial charge in [-0.2, -0.15) is 9.57 Å². The van der Waals surface area contributed by atoms with E-state index < -0.39 is 16.1 Å². The van der Waals surface area contributed by atoms with Crippen LogP contribution in [0.1, 0.15) is 54.0 Å². The van der Waals surface area contributed by atoms with Crippen molar-refractivity contribution in [2.75, 3.05) is 13.2 Å².